The summed E-state index contributed by atoms with van der Waals surface area (Å²) >= 11 is 0. The molecule has 5 nitrogen and oxygen atoms in total. The number of alkyl halides is 3. The first kappa shape index (κ1) is 24.7. The van der Waals surface area contributed by atoms with E-state index in [-0.39, 0.29) is 5.91 Å². The van der Waals surface area contributed by atoms with E-state index >= 15 is 0 Å². The van der Waals surface area contributed by atoms with Crippen LogP contribution < -0.4 is 5.32 Å². The maximum Gasteiger partial charge on any atom is 0.416 e. The highest BCUT2D eigenvalue weighted by Crippen LogP contribution is 2.29. The third-order valence-electron chi connectivity index (χ3n) is 6.20. The van der Waals surface area contributed by atoms with E-state index in [9.17, 15) is 18.0 Å². The number of nitrogens with zero attached hydrogens (tertiary/aromatic N) is 3. The molecule has 0 atom stereocenters. The number of aryl methyl sites for hydroxylation is 1. The van der Waals surface area contributed by atoms with E-state index in [1.165, 1.54) is 17.7 Å². The van der Waals surface area contributed by atoms with Crippen molar-refractivity contribution in [1.29, 1.82) is 0 Å². The third kappa shape index (κ3) is 7.05. The minimum Gasteiger partial charge on any atom is -0.385 e. The summed E-state index contributed by atoms with van der Waals surface area (Å²) in [5, 5.41) is 3.39. The van der Waals surface area contributed by atoms with Crippen molar-refractivity contribution in [3.8, 4) is 0 Å². The van der Waals surface area contributed by atoms with Crippen LogP contribution in [0.15, 0.2) is 73.1 Å². The molecule has 1 N–H and O–H groups in total. The van der Waals surface area contributed by atoms with Gasteiger partial charge < -0.3 is 10.2 Å². The van der Waals surface area contributed by atoms with E-state index in [4.69, 9.17) is 0 Å². The fourth-order valence-electron chi connectivity index (χ4n) is 4.15. The molecule has 1 amide bonds. The zero-order valence-corrected chi connectivity index (χ0v) is 19.5. The van der Waals surface area contributed by atoms with Crippen LogP contribution in [0.5, 0.6) is 0 Å². The fourth-order valence-corrected chi connectivity index (χ4v) is 4.15. The summed E-state index contributed by atoms with van der Waals surface area (Å²) in [4.78, 5) is 20.9. The van der Waals surface area contributed by atoms with Crippen molar-refractivity contribution in [3.05, 3.63) is 95.3 Å². The predicted molar refractivity (Wildman–Crippen MR) is 130 cm³/mol. The Balaban J connectivity index is 1.20. The molecule has 0 saturated carbocycles. The zero-order valence-electron chi connectivity index (χ0n) is 19.5. The van der Waals surface area contributed by atoms with Gasteiger partial charge in [0, 0.05) is 62.9 Å². The van der Waals surface area contributed by atoms with Gasteiger partial charge in [0.15, 0.2) is 0 Å². The van der Waals surface area contributed by atoms with E-state index < -0.39 is 11.7 Å². The number of piperazine rings is 1. The molecule has 4 rings (SSSR count). The molecule has 184 valence electrons. The summed E-state index contributed by atoms with van der Waals surface area (Å²) in [6.07, 6.45) is 1.27. The van der Waals surface area contributed by atoms with E-state index in [2.05, 4.69) is 15.2 Å². The van der Waals surface area contributed by atoms with Gasteiger partial charge in [0.05, 0.1) is 5.56 Å². The molecule has 0 bridgehead atoms. The average Bonchev–Trinajstić information content (AvgIpc) is 2.87. The molecule has 1 aliphatic heterocycles. The van der Waals surface area contributed by atoms with Crippen LogP contribution in [0, 0.1) is 0 Å². The molecule has 0 unspecified atom stereocenters. The summed E-state index contributed by atoms with van der Waals surface area (Å²) in [6.45, 7) is 3.97. The maximum absolute atomic E-state index is 12.9. The summed E-state index contributed by atoms with van der Waals surface area (Å²) in [5.74, 6) is 0.00316. The van der Waals surface area contributed by atoms with Crippen molar-refractivity contribution in [3.63, 3.8) is 0 Å². The Hall–Kier alpha value is -3.39. The van der Waals surface area contributed by atoms with Gasteiger partial charge in [-0.2, -0.15) is 13.2 Å². The van der Waals surface area contributed by atoms with Gasteiger partial charge in [0.1, 0.15) is 0 Å². The third-order valence-corrected chi connectivity index (χ3v) is 6.20. The number of aromatic nitrogens is 1. The molecule has 0 spiro atoms. The van der Waals surface area contributed by atoms with Gasteiger partial charge in [-0.05, 0) is 72.5 Å². The summed E-state index contributed by atoms with van der Waals surface area (Å²) in [7, 11) is 0. The lowest BCUT2D eigenvalue weighted by Crippen LogP contribution is -2.48. The lowest BCUT2D eigenvalue weighted by molar-refractivity contribution is -0.137. The van der Waals surface area contributed by atoms with E-state index in [1.807, 2.05) is 41.3 Å². The number of anilines is 1. The number of carbonyl (C=O) groups excluding carboxylic acids is 1. The fraction of sp³-hybridized carbons (Fsp3) is 0.333. The average molecular weight is 483 g/mol. The van der Waals surface area contributed by atoms with Crippen molar-refractivity contribution in [2.24, 2.45) is 0 Å². The first-order valence-corrected chi connectivity index (χ1v) is 11.8. The lowest BCUT2D eigenvalue weighted by Gasteiger charge is -2.34. The minimum atomic E-state index is -4.32. The van der Waals surface area contributed by atoms with Crippen LogP contribution in [0.4, 0.5) is 18.9 Å². The van der Waals surface area contributed by atoms with Gasteiger partial charge in [-0.25, -0.2) is 0 Å². The molecule has 1 fully saturated rings. The highest BCUT2D eigenvalue weighted by atomic mass is 19.4. The van der Waals surface area contributed by atoms with Gasteiger partial charge in [0.2, 0.25) is 0 Å². The highest BCUT2D eigenvalue weighted by molar-refractivity contribution is 5.94. The zero-order chi connectivity index (χ0) is 24.7. The number of amides is 1. The van der Waals surface area contributed by atoms with Gasteiger partial charge in [0.25, 0.3) is 5.91 Å². The van der Waals surface area contributed by atoms with Crippen molar-refractivity contribution >= 4 is 11.6 Å². The van der Waals surface area contributed by atoms with E-state index in [0.717, 1.165) is 42.8 Å². The number of hydrogen-bond donors (Lipinski definition) is 1. The molecule has 0 radical (unpaired) electrons. The number of pyridine rings is 1. The molecule has 0 aliphatic carbocycles. The standard InChI is InChI=1S/C27H29F3N4O/c28-27(29,30)24-7-3-22(4-8-24)20-33-16-18-34(19-17-33)26(35)23-5-9-25(10-6-23)32-13-1-2-21-11-14-31-15-12-21/h3-12,14-15,32H,1-2,13,16-20H2. The van der Waals surface area contributed by atoms with Crippen LogP contribution in [-0.2, 0) is 19.1 Å². The highest BCUT2D eigenvalue weighted by Gasteiger charge is 2.30. The van der Waals surface area contributed by atoms with Gasteiger partial charge >= 0.3 is 6.18 Å². The molecule has 1 aliphatic rings. The number of hydrogen-bond acceptors (Lipinski definition) is 4. The van der Waals surface area contributed by atoms with Gasteiger partial charge in [-0.1, -0.05) is 12.1 Å². The maximum atomic E-state index is 12.9. The minimum absolute atomic E-state index is 0.00316. The number of nitrogens with one attached hydrogen (secondary N) is 1. The molecule has 8 heteroatoms. The first-order valence-electron chi connectivity index (χ1n) is 11.8. The Labute approximate surface area is 203 Å². The Kier molecular flexibility index (Phi) is 8.02. The Morgan fingerprint density at radius 1 is 0.857 bits per heavy atom. The van der Waals surface area contributed by atoms with Crippen molar-refractivity contribution in [1.82, 2.24) is 14.8 Å². The second-order valence-corrected chi connectivity index (χ2v) is 8.73. The van der Waals surface area contributed by atoms with Crippen molar-refractivity contribution in [2.45, 2.75) is 25.6 Å². The summed E-state index contributed by atoms with van der Waals surface area (Å²) < 4.78 is 38.2. The second-order valence-electron chi connectivity index (χ2n) is 8.73. The van der Waals surface area contributed by atoms with Crippen molar-refractivity contribution in [2.75, 3.05) is 38.0 Å². The molecule has 1 saturated heterocycles. The molecular formula is C27H29F3N4O. The second kappa shape index (κ2) is 11.4. The van der Waals surface area contributed by atoms with Crippen LogP contribution in [0.1, 0.15) is 33.5 Å². The Morgan fingerprint density at radius 2 is 1.51 bits per heavy atom. The Morgan fingerprint density at radius 3 is 2.14 bits per heavy atom. The van der Waals surface area contributed by atoms with E-state index in [0.29, 0.717) is 38.3 Å². The Bertz CT molecular complexity index is 1080. The van der Waals surface area contributed by atoms with E-state index in [1.54, 1.807) is 12.4 Å². The number of benzene rings is 2. The van der Waals surface area contributed by atoms with Crippen LogP contribution in [0.2, 0.25) is 0 Å². The SMILES string of the molecule is O=C(c1ccc(NCCCc2ccncc2)cc1)N1CCN(Cc2ccc(C(F)(F)F)cc2)CC1. The normalized spacial score (nSPS) is 14.7. The molecule has 2 heterocycles. The monoisotopic (exact) mass is 482 g/mol. The quantitative estimate of drug-likeness (QED) is 0.454. The topological polar surface area (TPSA) is 48.5 Å². The largest absolute Gasteiger partial charge is 0.416 e. The first-order chi connectivity index (χ1) is 16.9. The molecule has 3 aromatic rings. The van der Waals surface area contributed by atoms with Crippen molar-refractivity contribution < 1.29 is 18.0 Å². The number of halogens is 3. The molecule has 2 aromatic carbocycles. The number of rotatable bonds is 8. The van der Waals surface area contributed by atoms with Crippen LogP contribution in [-0.4, -0.2) is 53.4 Å². The van der Waals surface area contributed by atoms with Crippen LogP contribution in [0.25, 0.3) is 0 Å². The molecule has 1 aromatic heterocycles. The summed E-state index contributed by atoms with van der Waals surface area (Å²) in [5.41, 5.74) is 3.10. The van der Waals surface area contributed by atoms with Crippen LogP contribution >= 0.6 is 0 Å². The lowest BCUT2D eigenvalue weighted by atomic mass is 10.1. The van der Waals surface area contributed by atoms with Crippen LogP contribution in [0.3, 0.4) is 0 Å². The summed E-state index contributed by atoms with van der Waals surface area (Å²) in [6, 6.07) is 16.9. The smallest absolute Gasteiger partial charge is 0.385 e. The number of carbonyl (C=O) groups is 1. The molecule has 35 heavy (non-hydrogen) atoms. The predicted octanol–water partition coefficient (Wildman–Crippen LogP) is 5.10. The van der Waals surface area contributed by atoms with Gasteiger partial charge in [-0.15, -0.1) is 0 Å². The molecular weight excluding hydrogens is 453 g/mol. The van der Waals surface area contributed by atoms with Gasteiger partial charge in [-0.3, -0.25) is 14.7 Å².